The van der Waals surface area contributed by atoms with Gasteiger partial charge in [0, 0.05) is 30.7 Å². The third-order valence-electron chi connectivity index (χ3n) is 5.81. The smallest absolute Gasteiger partial charge is 0.226 e. The first-order valence-electron chi connectivity index (χ1n) is 10.8. The Morgan fingerprint density at radius 3 is 2.63 bits per heavy atom. The number of anilines is 3. The van der Waals surface area contributed by atoms with E-state index in [1.54, 1.807) is 0 Å². The Morgan fingerprint density at radius 2 is 1.90 bits per heavy atom. The fourth-order valence-corrected chi connectivity index (χ4v) is 4.28. The van der Waals surface area contributed by atoms with E-state index < -0.39 is 0 Å². The monoisotopic (exact) mass is 408 g/mol. The van der Waals surface area contributed by atoms with Gasteiger partial charge < -0.3 is 27.1 Å². The molecule has 8 nitrogen and oxygen atoms in total. The van der Waals surface area contributed by atoms with Crippen molar-refractivity contribution >= 4 is 28.6 Å². The Balaban J connectivity index is 1.81. The normalized spacial score (nSPS) is 16.1. The van der Waals surface area contributed by atoms with Crippen LogP contribution in [0.25, 0.3) is 11.2 Å². The van der Waals surface area contributed by atoms with E-state index in [9.17, 15) is 0 Å². The van der Waals surface area contributed by atoms with Crippen molar-refractivity contribution in [3.63, 3.8) is 0 Å². The molecule has 0 saturated heterocycles. The zero-order valence-electron chi connectivity index (χ0n) is 17.9. The maximum atomic E-state index is 6.30. The predicted molar refractivity (Wildman–Crippen MR) is 122 cm³/mol. The van der Waals surface area contributed by atoms with Gasteiger partial charge in [0.05, 0.1) is 0 Å². The summed E-state index contributed by atoms with van der Waals surface area (Å²) in [5.41, 5.74) is 22.9. The number of nitrogens with one attached hydrogen (secondary N) is 1. The number of hydrogen-bond donors (Lipinski definition) is 4. The van der Waals surface area contributed by atoms with Crippen LogP contribution in [0.1, 0.15) is 62.0 Å². The summed E-state index contributed by atoms with van der Waals surface area (Å²) in [6.07, 6.45) is 6.59. The van der Waals surface area contributed by atoms with Gasteiger partial charge in [0.25, 0.3) is 0 Å². The molecule has 1 fully saturated rings. The second-order valence-corrected chi connectivity index (χ2v) is 8.53. The molecule has 1 aliphatic carbocycles. The number of nitrogen functional groups attached to an aromatic ring is 2. The van der Waals surface area contributed by atoms with Crippen molar-refractivity contribution in [2.24, 2.45) is 5.73 Å². The summed E-state index contributed by atoms with van der Waals surface area (Å²) in [5, 5.41) is 3.19. The molecule has 0 radical (unpaired) electrons. The number of aryl methyl sites for hydroxylation is 1. The molecule has 7 N–H and O–H groups in total. The first-order chi connectivity index (χ1) is 14.4. The summed E-state index contributed by atoms with van der Waals surface area (Å²) in [7, 11) is 0. The van der Waals surface area contributed by atoms with Crippen molar-refractivity contribution in [1.82, 2.24) is 19.5 Å². The lowest BCUT2D eigenvalue weighted by molar-refractivity contribution is 0.352. The summed E-state index contributed by atoms with van der Waals surface area (Å²) in [5.74, 6) is 1.83. The van der Waals surface area contributed by atoms with Crippen LogP contribution >= 0.6 is 0 Å². The van der Waals surface area contributed by atoms with Crippen LogP contribution in [0.4, 0.5) is 17.5 Å². The van der Waals surface area contributed by atoms with Crippen LogP contribution < -0.4 is 22.5 Å². The summed E-state index contributed by atoms with van der Waals surface area (Å²) < 4.78 is 2.28. The lowest BCUT2D eigenvalue weighted by Gasteiger charge is -2.25. The number of hydrogen-bond acceptors (Lipinski definition) is 7. The van der Waals surface area contributed by atoms with Gasteiger partial charge in [0.15, 0.2) is 17.0 Å². The molecule has 2 aromatic heterocycles. The molecule has 1 saturated carbocycles. The van der Waals surface area contributed by atoms with Gasteiger partial charge in [-0.05, 0) is 38.3 Å². The number of aromatic nitrogens is 4. The van der Waals surface area contributed by atoms with Crippen molar-refractivity contribution in [3.05, 3.63) is 35.2 Å². The highest BCUT2D eigenvalue weighted by molar-refractivity contribution is 5.83. The molecule has 8 heteroatoms. The zero-order chi connectivity index (χ0) is 21.3. The summed E-state index contributed by atoms with van der Waals surface area (Å²) >= 11 is 0. The molecule has 30 heavy (non-hydrogen) atoms. The average molecular weight is 409 g/mol. The zero-order valence-corrected chi connectivity index (χ0v) is 17.9. The molecule has 160 valence electrons. The van der Waals surface area contributed by atoms with Gasteiger partial charge in [-0.2, -0.15) is 9.97 Å². The third-order valence-corrected chi connectivity index (χ3v) is 5.81. The van der Waals surface area contributed by atoms with Crippen LogP contribution in [0.15, 0.2) is 18.2 Å². The lowest BCUT2D eigenvalue weighted by atomic mass is 9.95. The van der Waals surface area contributed by atoms with Crippen LogP contribution in [0, 0.1) is 6.92 Å². The van der Waals surface area contributed by atoms with Gasteiger partial charge in [-0.1, -0.05) is 37.0 Å². The molecule has 1 unspecified atom stereocenters. The maximum absolute atomic E-state index is 6.30. The van der Waals surface area contributed by atoms with E-state index in [0.717, 1.165) is 35.6 Å². The molecule has 0 amide bonds. The van der Waals surface area contributed by atoms with Crippen LogP contribution in [-0.2, 0) is 6.42 Å². The Morgan fingerprint density at radius 1 is 1.13 bits per heavy atom. The Hall–Kier alpha value is -2.87. The molecule has 2 heterocycles. The third kappa shape index (κ3) is 4.18. The fourth-order valence-electron chi connectivity index (χ4n) is 4.28. The highest BCUT2D eigenvalue weighted by Gasteiger charge is 2.24. The maximum Gasteiger partial charge on any atom is 0.226 e. The van der Waals surface area contributed by atoms with Crippen molar-refractivity contribution in [3.8, 4) is 0 Å². The number of nitrogens with two attached hydrogens (primary N) is 3. The van der Waals surface area contributed by atoms with E-state index in [-0.39, 0.29) is 6.04 Å². The molecule has 1 aliphatic rings. The number of fused-ring (bicyclic) bond motifs is 1. The van der Waals surface area contributed by atoms with Crippen LogP contribution in [0.5, 0.6) is 0 Å². The van der Waals surface area contributed by atoms with Crippen molar-refractivity contribution in [2.45, 2.75) is 64.5 Å². The molecule has 3 aromatic rings. The van der Waals surface area contributed by atoms with E-state index >= 15 is 0 Å². The van der Waals surface area contributed by atoms with Crippen LogP contribution in [0.3, 0.4) is 0 Å². The van der Waals surface area contributed by atoms with E-state index in [2.05, 4.69) is 27.9 Å². The minimum Gasteiger partial charge on any atom is -0.398 e. The number of imidazole rings is 1. The first-order valence-corrected chi connectivity index (χ1v) is 10.8. The van der Waals surface area contributed by atoms with Gasteiger partial charge in [0.2, 0.25) is 5.95 Å². The van der Waals surface area contributed by atoms with Crippen LogP contribution in [0.2, 0.25) is 0 Å². The molecular weight excluding hydrogens is 376 g/mol. The van der Waals surface area contributed by atoms with Gasteiger partial charge in [0.1, 0.15) is 5.82 Å². The summed E-state index contributed by atoms with van der Waals surface area (Å²) in [4.78, 5) is 14.1. The Kier molecular flexibility index (Phi) is 5.76. The first kappa shape index (κ1) is 20.4. The molecule has 1 aromatic carbocycles. The summed E-state index contributed by atoms with van der Waals surface area (Å²) in [6.45, 7) is 4.59. The molecule has 0 bridgehead atoms. The molecule has 0 spiro atoms. The molecule has 4 rings (SSSR count). The van der Waals surface area contributed by atoms with E-state index in [1.807, 2.05) is 19.1 Å². The van der Waals surface area contributed by atoms with Crippen molar-refractivity contribution < 1.29 is 0 Å². The number of rotatable bonds is 6. The Labute approximate surface area is 177 Å². The number of benzene rings is 1. The van der Waals surface area contributed by atoms with Crippen molar-refractivity contribution in [2.75, 3.05) is 23.3 Å². The highest BCUT2D eigenvalue weighted by Crippen LogP contribution is 2.34. The van der Waals surface area contributed by atoms with Gasteiger partial charge >= 0.3 is 0 Å². The topological polar surface area (TPSA) is 134 Å². The second-order valence-electron chi connectivity index (χ2n) is 8.53. The minimum atomic E-state index is -0.00590. The average Bonchev–Trinajstić information content (AvgIpc) is 3.08. The minimum absolute atomic E-state index is 0.00590. The van der Waals surface area contributed by atoms with Crippen LogP contribution in [-0.4, -0.2) is 32.1 Å². The largest absolute Gasteiger partial charge is 0.398 e. The highest BCUT2D eigenvalue weighted by atomic mass is 15.2. The SMILES string of the molecule is Cc1ccc(N)c(Cc2nc3c(N)nc(NCC(C)N)nc3n2C2CCCCC2)c1. The molecular formula is C22H32N8. The predicted octanol–water partition coefficient (Wildman–Crippen LogP) is 3.15. The standard InChI is InChI=1S/C22H32N8/c1-13-8-9-17(24)15(10-13)11-18-27-19-20(25)28-22(26-12-14(2)23)29-21(19)30(18)16-6-4-3-5-7-16/h8-10,14,16H,3-7,11-12,23-24H2,1-2H3,(H3,25,26,28,29). The number of nitrogens with zero attached hydrogens (tertiary/aromatic N) is 4. The van der Waals surface area contributed by atoms with E-state index in [4.69, 9.17) is 27.2 Å². The Bertz CT molecular complexity index is 1030. The van der Waals surface area contributed by atoms with E-state index in [1.165, 1.54) is 24.8 Å². The molecule has 1 atom stereocenters. The fraction of sp³-hybridized carbons (Fsp3) is 0.500. The van der Waals surface area contributed by atoms with Gasteiger partial charge in [-0.15, -0.1) is 0 Å². The quantitative estimate of drug-likeness (QED) is 0.460. The van der Waals surface area contributed by atoms with E-state index in [0.29, 0.717) is 36.3 Å². The van der Waals surface area contributed by atoms with Gasteiger partial charge in [-0.3, -0.25) is 0 Å². The summed E-state index contributed by atoms with van der Waals surface area (Å²) in [6, 6.07) is 6.48. The second kappa shape index (κ2) is 8.47. The van der Waals surface area contributed by atoms with Crippen molar-refractivity contribution in [1.29, 1.82) is 0 Å². The molecule has 0 aliphatic heterocycles. The lowest BCUT2D eigenvalue weighted by Crippen LogP contribution is -2.26. The van der Waals surface area contributed by atoms with Gasteiger partial charge in [-0.25, -0.2) is 4.98 Å².